The first-order valence-corrected chi connectivity index (χ1v) is 5.70. The van der Waals surface area contributed by atoms with Crippen molar-refractivity contribution in [3.8, 4) is 11.5 Å². The summed E-state index contributed by atoms with van der Waals surface area (Å²) in [4.78, 5) is 0. The predicted molar refractivity (Wildman–Crippen MR) is 66.6 cm³/mol. The van der Waals surface area contributed by atoms with E-state index in [1.54, 1.807) is 18.2 Å². The molecule has 0 fully saturated rings. The van der Waals surface area contributed by atoms with Gasteiger partial charge in [-0.25, -0.2) is 0 Å². The van der Waals surface area contributed by atoms with Crippen molar-refractivity contribution in [2.45, 2.75) is 31.5 Å². The molecule has 19 heavy (non-hydrogen) atoms. The molecule has 1 rings (SSSR count). The van der Waals surface area contributed by atoms with Crippen LogP contribution in [0.2, 0.25) is 0 Å². The molecule has 0 spiro atoms. The molecule has 0 radical (unpaired) electrons. The van der Waals surface area contributed by atoms with Crippen molar-refractivity contribution in [1.29, 1.82) is 0 Å². The van der Waals surface area contributed by atoms with E-state index in [1.165, 1.54) is 28.1 Å². The molecule has 0 bridgehead atoms. The van der Waals surface area contributed by atoms with Crippen molar-refractivity contribution in [1.82, 2.24) is 0 Å². The molecule has 0 aliphatic heterocycles. The zero-order chi connectivity index (χ0) is 14.8. The quantitative estimate of drug-likeness (QED) is 0.920. The Morgan fingerprint density at radius 2 is 1.68 bits per heavy atom. The van der Waals surface area contributed by atoms with Gasteiger partial charge in [-0.15, -0.1) is 0 Å². The molecule has 0 heterocycles. The average Bonchev–Trinajstić information content (AvgIpc) is 2.35. The fourth-order valence-electron chi connectivity index (χ4n) is 1.97. The van der Waals surface area contributed by atoms with Gasteiger partial charge < -0.3 is 15.2 Å². The number of methoxy groups -OCH3 is 2. The van der Waals surface area contributed by atoms with E-state index in [-0.39, 0.29) is 5.75 Å². The first-order valence-electron chi connectivity index (χ1n) is 5.70. The van der Waals surface area contributed by atoms with E-state index in [0.717, 1.165) is 0 Å². The van der Waals surface area contributed by atoms with Gasteiger partial charge in [0.05, 0.1) is 14.2 Å². The Morgan fingerprint density at radius 3 is 2.11 bits per heavy atom. The van der Waals surface area contributed by atoms with Crippen LogP contribution in [0.3, 0.4) is 0 Å². The van der Waals surface area contributed by atoms with Crippen LogP contribution in [0.15, 0.2) is 18.2 Å². The van der Waals surface area contributed by atoms with Crippen LogP contribution >= 0.6 is 0 Å². The van der Waals surface area contributed by atoms with E-state index >= 15 is 0 Å². The summed E-state index contributed by atoms with van der Waals surface area (Å²) in [5, 5.41) is 0. The van der Waals surface area contributed by atoms with E-state index in [4.69, 9.17) is 15.2 Å². The number of hydrogen-bond donors (Lipinski definition) is 1. The summed E-state index contributed by atoms with van der Waals surface area (Å²) in [6.07, 6.45) is -4.49. The van der Waals surface area contributed by atoms with Crippen LogP contribution in [0.5, 0.6) is 11.5 Å². The van der Waals surface area contributed by atoms with Crippen molar-refractivity contribution >= 4 is 0 Å². The summed E-state index contributed by atoms with van der Waals surface area (Å²) in [6.45, 7) is 2.87. The molecular formula is C13H18F3NO2. The monoisotopic (exact) mass is 277 g/mol. The van der Waals surface area contributed by atoms with Crippen LogP contribution in [0.25, 0.3) is 0 Å². The van der Waals surface area contributed by atoms with Crippen LogP contribution < -0.4 is 15.2 Å². The number of hydrogen-bond acceptors (Lipinski definition) is 3. The van der Waals surface area contributed by atoms with Crippen LogP contribution in [0.1, 0.15) is 19.4 Å². The molecule has 2 N–H and O–H groups in total. The highest BCUT2D eigenvalue weighted by atomic mass is 19.4. The Balaban J connectivity index is 3.36. The Hall–Kier alpha value is -1.43. The molecule has 0 saturated heterocycles. The topological polar surface area (TPSA) is 44.5 Å². The molecule has 0 aromatic heterocycles. The molecular weight excluding hydrogens is 259 g/mol. The maximum atomic E-state index is 12.9. The lowest BCUT2D eigenvalue weighted by molar-refractivity contribution is -0.160. The third-order valence-corrected chi connectivity index (χ3v) is 3.23. The Kier molecular flexibility index (Phi) is 4.35. The molecule has 0 aliphatic carbocycles. The third-order valence-electron chi connectivity index (χ3n) is 3.23. The van der Waals surface area contributed by atoms with E-state index in [2.05, 4.69) is 0 Å². The highest BCUT2D eigenvalue weighted by molar-refractivity contribution is 5.50. The van der Waals surface area contributed by atoms with Gasteiger partial charge in [0.2, 0.25) is 0 Å². The van der Waals surface area contributed by atoms with Gasteiger partial charge in [0.25, 0.3) is 0 Å². The minimum atomic E-state index is -4.49. The molecule has 1 aromatic carbocycles. The van der Waals surface area contributed by atoms with Crippen molar-refractivity contribution in [2.24, 2.45) is 5.73 Å². The average molecular weight is 277 g/mol. The van der Waals surface area contributed by atoms with Gasteiger partial charge in [-0.2, -0.15) is 13.2 Å². The molecule has 3 nitrogen and oxygen atoms in total. The maximum absolute atomic E-state index is 12.9. The van der Waals surface area contributed by atoms with Crippen LogP contribution in [0.4, 0.5) is 13.2 Å². The number of rotatable bonds is 4. The first-order chi connectivity index (χ1) is 8.66. The molecule has 0 saturated carbocycles. The molecule has 6 heteroatoms. The number of para-hydroxylation sites is 1. The number of alkyl halides is 3. The molecule has 1 atom stereocenters. The van der Waals surface area contributed by atoms with E-state index in [1.807, 2.05) is 0 Å². The van der Waals surface area contributed by atoms with Gasteiger partial charge in [-0.3, -0.25) is 0 Å². The normalized spacial score (nSPS) is 14.1. The van der Waals surface area contributed by atoms with Crippen molar-refractivity contribution < 1.29 is 22.6 Å². The standard InChI is InChI=1S/C13H18F3NO2/c1-12(2,11(17)13(14,15)16)8-6-5-7-9(18-3)10(8)19-4/h5-7,11H,17H2,1-4H3. The van der Waals surface area contributed by atoms with Gasteiger partial charge in [0.15, 0.2) is 11.5 Å². The maximum Gasteiger partial charge on any atom is 0.404 e. The van der Waals surface area contributed by atoms with Crippen LogP contribution in [0, 0.1) is 0 Å². The summed E-state index contributed by atoms with van der Waals surface area (Å²) in [7, 11) is 2.81. The Labute approximate surface area is 110 Å². The van der Waals surface area contributed by atoms with Crippen molar-refractivity contribution in [2.75, 3.05) is 14.2 Å². The summed E-state index contributed by atoms with van der Waals surface area (Å²) >= 11 is 0. The highest BCUT2D eigenvalue weighted by Gasteiger charge is 2.48. The number of nitrogens with two attached hydrogens (primary N) is 1. The highest BCUT2D eigenvalue weighted by Crippen LogP contribution is 2.42. The fraction of sp³-hybridized carbons (Fsp3) is 0.538. The predicted octanol–water partition coefficient (Wildman–Crippen LogP) is 2.87. The van der Waals surface area contributed by atoms with Gasteiger partial charge in [0, 0.05) is 11.0 Å². The summed E-state index contributed by atoms with van der Waals surface area (Å²) in [6, 6.07) is 2.80. The van der Waals surface area contributed by atoms with Gasteiger partial charge in [-0.05, 0) is 6.07 Å². The smallest absolute Gasteiger partial charge is 0.404 e. The van der Waals surface area contributed by atoms with Crippen LogP contribution in [-0.4, -0.2) is 26.4 Å². The van der Waals surface area contributed by atoms with E-state index in [0.29, 0.717) is 11.3 Å². The third kappa shape index (κ3) is 2.94. The van der Waals surface area contributed by atoms with E-state index < -0.39 is 17.6 Å². The van der Waals surface area contributed by atoms with Crippen molar-refractivity contribution in [3.05, 3.63) is 23.8 Å². The molecule has 1 aromatic rings. The van der Waals surface area contributed by atoms with Crippen molar-refractivity contribution in [3.63, 3.8) is 0 Å². The number of ether oxygens (including phenoxy) is 2. The summed E-state index contributed by atoms with van der Waals surface area (Å²) in [5.74, 6) is 0.650. The molecule has 1 unspecified atom stereocenters. The Morgan fingerprint density at radius 1 is 1.11 bits per heavy atom. The first kappa shape index (κ1) is 15.6. The minimum Gasteiger partial charge on any atom is -0.493 e. The van der Waals surface area contributed by atoms with Crippen LogP contribution in [-0.2, 0) is 5.41 Å². The molecule has 0 aliphatic rings. The lowest BCUT2D eigenvalue weighted by atomic mass is 9.77. The summed E-state index contributed by atoms with van der Waals surface area (Å²) < 4.78 is 48.8. The number of halogens is 3. The minimum absolute atomic E-state index is 0.273. The largest absolute Gasteiger partial charge is 0.493 e. The lowest BCUT2D eigenvalue weighted by Gasteiger charge is -2.34. The fourth-order valence-corrected chi connectivity index (χ4v) is 1.97. The second kappa shape index (κ2) is 5.28. The second-order valence-corrected chi connectivity index (χ2v) is 4.78. The second-order valence-electron chi connectivity index (χ2n) is 4.78. The van der Waals surface area contributed by atoms with E-state index in [9.17, 15) is 13.2 Å². The summed E-state index contributed by atoms with van der Waals surface area (Å²) in [5.41, 5.74) is 4.38. The van der Waals surface area contributed by atoms with Gasteiger partial charge in [0.1, 0.15) is 6.04 Å². The lowest BCUT2D eigenvalue weighted by Crippen LogP contribution is -2.51. The van der Waals surface area contributed by atoms with Gasteiger partial charge in [-0.1, -0.05) is 26.0 Å². The molecule has 108 valence electrons. The number of benzene rings is 1. The molecule has 0 amide bonds. The zero-order valence-corrected chi connectivity index (χ0v) is 11.3. The van der Waals surface area contributed by atoms with Gasteiger partial charge >= 0.3 is 6.18 Å². The SMILES string of the molecule is COc1cccc(C(C)(C)C(N)C(F)(F)F)c1OC. The zero-order valence-electron chi connectivity index (χ0n) is 11.3. The Bertz CT molecular complexity index is 444.